The minimum atomic E-state index is -0.0320. The average molecular weight is 438 g/mol. The fourth-order valence-corrected chi connectivity index (χ4v) is 4.23. The normalized spacial score (nSPS) is 14.4. The number of likely N-dealkylation sites (N-methyl/N-ethyl adjacent to an activating group) is 1. The molecule has 0 atom stereocenters. The van der Waals surface area contributed by atoms with Gasteiger partial charge in [0.15, 0.2) is 5.82 Å². The van der Waals surface area contributed by atoms with Gasteiger partial charge in [-0.05, 0) is 47.6 Å². The second-order valence-corrected chi connectivity index (χ2v) is 8.51. The number of carbonyl (C=O) groups excluding carboxylic acids is 1. The molecule has 1 fully saturated rings. The molecule has 1 aliphatic rings. The van der Waals surface area contributed by atoms with Gasteiger partial charge in [-0.3, -0.25) is 4.79 Å². The third-order valence-electron chi connectivity index (χ3n) is 6.17. The highest BCUT2D eigenvalue weighted by Crippen LogP contribution is 2.22. The Morgan fingerprint density at radius 3 is 2.36 bits per heavy atom. The van der Waals surface area contributed by atoms with Crippen LogP contribution in [0.15, 0.2) is 78.9 Å². The van der Waals surface area contributed by atoms with Crippen molar-refractivity contribution in [1.29, 1.82) is 0 Å². The predicted octanol–water partition coefficient (Wildman–Crippen LogP) is 4.23. The Balaban J connectivity index is 1.22. The van der Waals surface area contributed by atoms with E-state index >= 15 is 0 Å². The maximum absolute atomic E-state index is 12.6. The van der Waals surface area contributed by atoms with Crippen LogP contribution in [0.25, 0.3) is 22.0 Å². The van der Waals surface area contributed by atoms with Gasteiger partial charge < -0.3 is 15.1 Å². The van der Waals surface area contributed by atoms with Crippen molar-refractivity contribution in [2.45, 2.75) is 6.42 Å². The summed E-state index contributed by atoms with van der Waals surface area (Å²) in [4.78, 5) is 17.2. The van der Waals surface area contributed by atoms with Gasteiger partial charge in [-0.15, -0.1) is 10.2 Å². The first kappa shape index (κ1) is 21.1. The van der Waals surface area contributed by atoms with Gasteiger partial charge in [0, 0.05) is 37.4 Å². The third kappa shape index (κ3) is 4.86. The minimum absolute atomic E-state index is 0.0320. The van der Waals surface area contributed by atoms with E-state index in [1.165, 1.54) is 0 Å². The third-order valence-corrected chi connectivity index (χ3v) is 6.17. The fraction of sp³-hybridized carbons (Fsp3) is 0.222. The maximum Gasteiger partial charge on any atom is 0.228 e. The number of aromatic nitrogens is 2. The molecule has 0 unspecified atom stereocenters. The molecule has 0 aliphatic carbocycles. The summed E-state index contributed by atoms with van der Waals surface area (Å²) in [5.41, 5.74) is 3.59. The molecule has 5 rings (SSSR count). The van der Waals surface area contributed by atoms with Crippen molar-refractivity contribution in [1.82, 2.24) is 15.1 Å². The molecular weight excluding hydrogens is 410 g/mol. The van der Waals surface area contributed by atoms with E-state index in [0.717, 1.165) is 65.3 Å². The lowest BCUT2D eigenvalue weighted by Gasteiger charge is -2.32. The van der Waals surface area contributed by atoms with Crippen molar-refractivity contribution < 1.29 is 4.79 Å². The lowest BCUT2D eigenvalue weighted by atomic mass is 10.0. The van der Waals surface area contributed by atoms with Crippen molar-refractivity contribution in [3.63, 3.8) is 0 Å². The highest BCUT2D eigenvalue weighted by molar-refractivity contribution is 5.96. The zero-order valence-corrected chi connectivity index (χ0v) is 18.7. The van der Waals surface area contributed by atoms with Crippen LogP contribution in [0.3, 0.4) is 0 Å². The van der Waals surface area contributed by atoms with Crippen LogP contribution in [0.1, 0.15) is 5.56 Å². The van der Waals surface area contributed by atoms with Gasteiger partial charge in [0.1, 0.15) is 0 Å². The highest BCUT2D eigenvalue weighted by Gasteiger charge is 2.15. The zero-order valence-electron chi connectivity index (χ0n) is 18.7. The van der Waals surface area contributed by atoms with Gasteiger partial charge in [0.25, 0.3) is 0 Å². The van der Waals surface area contributed by atoms with E-state index < -0.39 is 0 Å². The van der Waals surface area contributed by atoms with Crippen LogP contribution in [-0.2, 0) is 11.2 Å². The zero-order chi connectivity index (χ0) is 22.6. The van der Waals surface area contributed by atoms with Crippen LogP contribution in [0.2, 0.25) is 0 Å². The van der Waals surface area contributed by atoms with Gasteiger partial charge in [-0.25, -0.2) is 0 Å². The first-order chi connectivity index (χ1) is 16.2. The minimum Gasteiger partial charge on any atom is -0.353 e. The van der Waals surface area contributed by atoms with Gasteiger partial charge in [-0.2, -0.15) is 0 Å². The molecule has 1 N–H and O–H groups in total. The lowest BCUT2D eigenvalue weighted by Crippen LogP contribution is -2.44. The topological polar surface area (TPSA) is 61.4 Å². The monoisotopic (exact) mass is 437 g/mol. The molecule has 1 amide bonds. The second-order valence-electron chi connectivity index (χ2n) is 8.51. The number of hydrogen-bond donors (Lipinski definition) is 1. The summed E-state index contributed by atoms with van der Waals surface area (Å²) in [5.74, 6) is 0.889. The maximum atomic E-state index is 12.6. The predicted molar refractivity (Wildman–Crippen MR) is 133 cm³/mol. The van der Waals surface area contributed by atoms with E-state index in [0.29, 0.717) is 6.42 Å². The number of rotatable bonds is 5. The Labute approximate surface area is 193 Å². The Hall–Kier alpha value is -3.77. The van der Waals surface area contributed by atoms with Crippen molar-refractivity contribution in [3.05, 3.63) is 84.4 Å². The molecule has 0 spiro atoms. The summed E-state index contributed by atoms with van der Waals surface area (Å²) in [6, 6.07) is 26.0. The number of benzene rings is 3. The second kappa shape index (κ2) is 9.38. The van der Waals surface area contributed by atoms with Crippen LogP contribution >= 0.6 is 0 Å². The highest BCUT2D eigenvalue weighted by atomic mass is 16.1. The van der Waals surface area contributed by atoms with Gasteiger partial charge >= 0.3 is 0 Å². The van der Waals surface area contributed by atoms with E-state index in [1.807, 2.05) is 60.7 Å². The molecule has 1 saturated heterocycles. The van der Waals surface area contributed by atoms with Gasteiger partial charge in [-0.1, -0.05) is 54.6 Å². The molecule has 1 aromatic heterocycles. The summed E-state index contributed by atoms with van der Waals surface area (Å²) in [6.07, 6.45) is 0.336. The number of nitrogens with zero attached hydrogens (tertiary/aromatic N) is 4. The largest absolute Gasteiger partial charge is 0.353 e. The average Bonchev–Trinajstić information content (AvgIpc) is 2.85. The molecule has 33 heavy (non-hydrogen) atoms. The Morgan fingerprint density at radius 2 is 1.61 bits per heavy atom. The van der Waals surface area contributed by atoms with Crippen molar-refractivity contribution in [3.8, 4) is 11.3 Å². The van der Waals surface area contributed by atoms with E-state index in [1.54, 1.807) is 0 Å². The van der Waals surface area contributed by atoms with Crippen LogP contribution in [0.5, 0.6) is 0 Å². The number of nitrogens with one attached hydrogen (secondary N) is 1. The number of hydrogen-bond acceptors (Lipinski definition) is 5. The summed E-state index contributed by atoms with van der Waals surface area (Å²) >= 11 is 0. The molecule has 1 aliphatic heterocycles. The van der Waals surface area contributed by atoms with Crippen LogP contribution < -0.4 is 10.2 Å². The molecule has 6 nitrogen and oxygen atoms in total. The molecule has 166 valence electrons. The molecular formula is C27H27N5O. The number of piperazine rings is 1. The van der Waals surface area contributed by atoms with Crippen LogP contribution in [0.4, 0.5) is 11.5 Å². The standard InChI is InChI=1S/C27H27N5O/c1-31-15-17-32(18-16-31)26-14-13-25(29-30-26)21-9-11-23(12-10-21)28-27(33)19-22-7-4-6-20-5-2-3-8-24(20)22/h2-14H,15-19H2,1H3,(H,28,33). The molecule has 0 saturated carbocycles. The molecule has 0 radical (unpaired) electrons. The summed E-state index contributed by atoms with van der Waals surface area (Å²) in [7, 11) is 2.14. The van der Waals surface area contributed by atoms with Crippen LogP contribution in [0, 0.1) is 0 Å². The number of anilines is 2. The summed E-state index contributed by atoms with van der Waals surface area (Å²) < 4.78 is 0. The van der Waals surface area contributed by atoms with Crippen molar-refractivity contribution in [2.24, 2.45) is 0 Å². The SMILES string of the molecule is CN1CCN(c2ccc(-c3ccc(NC(=O)Cc4cccc5ccccc45)cc3)nn2)CC1. The smallest absolute Gasteiger partial charge is 0.228 e. The van der Waals surface area contributed by atoms with E-state index in [2.05, 4.69) is 50.6 Å². The molecule has 3 aromatic carbocycles. The van der Waals surface area contributed by atoms with Crippen molar-refractivity contribution >= 4 is 28.2 Å². The number of amides is 1. The first-order valence-electron chi connectivity index (χ1n) is 11.3. The molecule has 6 heteroatoms. The quantitative estimate of drug-likeness (QED) is 0.506. The Bertz CT molecular complexity index is 1240. The summed E-state index contributed by atoms with van der Waals surface area (Å²) in [5, 5.41) is 14.1. The van der Waals surface area contributed by atoms with E-state index in [9.17, 15) is 4.79 Å². The van der Waals surface area contributed by atoms with Gasteiger partial charge in [0.05, 0.1) is 12.1 Å². The van der Waals surface area contributed by atoms with Gasteiger partial charge in [0.2, 0.25) is 5.91 Å². The fourth-order valence-electron chi connectivity index (χ4n) is 4.23. The number of carbonyl (C=O) groups is 1. The first-order valence-corrected chi connectivity index (χ1v) is 11.3. The molecule has 0 bridgehead atoms. The Kier molecular flexibility index (Phi) is 6.00. The lowest BCUT2D eigenvalue weighted by molar-refractivity contribution is -0.115. The molecule has 2 heterocycles. The van der Waals surface area contributed by atoms with E-state index in [4.69, 9.17) is 0 Å². The van der Waals surface area contributed by atoms with Crippen LogP contribution in [-0.4, -0.2) is 54.2 Å². The molecule has 4 aromatic rings. The number of fused-ring (bicyclic) bond motifs is 1. The summed E-state index contributed by atoms with van der Waals surface area (Å²) in [6.45, 7) is 4.02. The van der Waals surface area contributed by atoms with Crippen molar-refractivity contribution in [2.75, 3.05) is 43.4 Å². The Morgan fingerprint density at radius 1 is 0.848 bits per heavy atom. The van der Waals surface area contributed by atoms with E-state index in [-0.39, 0.29) is 5.91 Å².